The number of rotatable bonds is 4. The maximum absolute atomic E-state index is 12.5. The van der Waals surface area contributed by atoms with Gasteiger partial charge in [0.15, 0.2) is 11.2 Å². The summed E-state index contributed by atoms with van der Waals surface area (Å²) >= 11 is 12.3. The van der Waals surface area contributed by atoms with Crippen molar-refractivity contribution in [3.63, 3.8) is 0 Å². The van der Waals surface area contributed by atoms with Crippen molar-refractivity contribution < 1.29 is 4.79 Å². The van der Waals surface area contributed by atoms with Crippen LogP contribution in [0.25, 0.3) is 11.2 Å². The zero-order valence-electron chi connectivity index (χ0n) is 14.9. The van der Waals surface area contributed by atoms with Gasteiger partial charge in [0.05, 0.1) is 6.04 Å². The van der Waals surface area contributed by atoms with Crippen molar-refractivity contribution >= 4 is 40.3 Å². The second kappa shape index (κ2) is 7.21. The Bertz CT molecular complexity index is 1160. The predicted molar refractivity (Wildman–Crippen MR) is 103 cm³/mol. The fourth-order valence-corrected chi connectivity index (χ4v) is 3.42. The molecule has 0 radical (unpaired) electrons. The number of fused-ring (bicyclic) bond motifs is 1. The molecule has 10 heteroatoms. The van der Waals surface area contributed by atoms with E-state index in [1.54, 1.807) is 19.1 Å². The zero-order valence-corrected chi connectivity index (χ0v) is 16.4. The topological polar surface area (TPSA) is 90.9 Å². The van der Waals surface area contributed by atoms with E-state index in [0.29, 0.717) is 5.02 Å². The Labute approximate surface area is 163 Å². The number of hydrogen-bond donors (Lipinski definition) is 1. The van der Waals surface area contributed by atoms with Gasteiger partial charge >= 0.3 is 5.69 Å². The Morgan fingerprint density at radius 1 is 1.19 bits per heavy atom. The number of nitrogens with zero attached hydrogens (tertiary/aromatic N) is 4. The number of imidazole rings is 1. The lowest BCUT2D eigenvalue weighted by molar-refractivity contribution is -0.122. The van der Waals surface area contributed by atoms with Gasteiger partial charge in [-0.15, -0.1) is 0 Å². The summed E-state index contributed by atoms with van der Waals surface area (Å²) in [5.74, 6) is -0.375. The number of aryl methyl sites for hydroxylation is 1. The highest BCUT2D eigenvalue weighted by Gasteiger charge is 2.20. The molecule has 3 rings (SSSR count). The third-order valence-electron chi connectivity index (χ3n) is 4.35. The molecule has 2 aromatic heterocycles. The molecule has 142 valence electrons. The normalized spacial score (nSPS) is 12.3. The minimum atomic E-state index is -0.570. The van der Waals surface area contributed by atoms with Crippen molar-refractivity contribution in [1.29, 1.82) is 0 Å². The van der Waals surface area contributed by atoms with Crippen LogP contribution >= 0.6 is 23.2 Å². The van der Waals surface area contributed by atoms with Gasteiger partial charge in [0.1, 0.15) is 6.54 Å². The lowest BCUT2D eigenvalue weighted by Crippen LogP contribution is -2.38. The van der Waals surface area contributed by atoms with Crippen LogP contribution in [0, 0.1) is 0 Å². The summed E-state index contributed by atoms with van der Waals surface area (Å²) in [6.45, 7) is 1.58. The van der Waals surface area contributed by atoms with Crippen LogP contribution in [0.5, 0.6) is 0 Å². The molecule has 0 fully saturated rings. The first-order chi connectivity index (χ1) is 12.7. The quantitative estimate of drug-likeness (QED) is 0.662. The van der Waals surface area contributed by atoms with Crippen LogP contribution in [-0.2, 0) is 25.4 Å². The van der Waals surface area contributed by atoms with Crippen LogP contribution in [0.3, 0.4) is 0 Å². The van der Waals surface area contributed by atoms with Gasteiger partial charge in [-0.25, -0.2) is 4.79 Å². The Morgan fingerprint density at radius 3 is 2.52 bits per heavy atom. The number of carbonyl (C=O) groups excluding carboxylic acids is 1. The molecule has 1 amide bonds. The van der Waals surface area contributed by atoms with Crippen LogP contribution in [0.4, 0.5) is 0 Å². The van der Waals surface area contributed by atoms with E-state index >= 15 is 0 Å². The van der Waals surface area contributed by atoms with Crippen LogP contribution in [0.15, 0.2) is 33.9 Å². The molecule has 0 aliphatic rings. The summed E-state index contributed by atoms with van der Waals surface area (Å²) in [5.41, 5.74) is -0.109. The molecule has 1 unspecified atom stereocenters. The smallest absolute Gasteiger partial charge is 0.332 e. The van der Waals surface area contributed by atoms with Crippen molar-refractivity contribution in [3.8, 4) is 0 Å². The number of nitrogens with one attached hydrogen (secondary N) is 1. The molecule has 1 N–H and O–H groups in total. The highest BCUT2D eigenvalue weighted by molar-refractivity contribution is 6.31. The number of hydrogen-bond acceptors (Lipinski definition) is 4. The summed E-state index contributed by atoms with van der Waals surface area (Å²) in [7, 11) is 2.84. The second-order valence-corrected chi connectivity index (χ2v) is 6.90. The maximum Gasteiger partial charge on any atom is 0.332 e. The Hall–Kier alpha value is -2.58. The summed E-state index contributed by atoms with van der Waals surface area (Å²) < 4.78 is 3.44. The molecule has 0 saturated heterocycles. The Morgan fingerprint density at radius 2 is 1.85 bits per heavy atom. The highest BCUT2D eigenvalue weighted by atomic mass is 35.5. The standard InChI is InChI=1S/C17H17Cl2N5O3/c1-9(10-6-4-5-7-11(10)18)20-12(25)8-24-13-14(21-16(24)19)22(2)17(27)23(3)15(13)26/h4-7,9H,8H2,1-3H3,(H,20,25). The van der Waals surface area contributed by atoms with Gasteiger partial charge in [0, 0.05) is 19.1 Å². The van der Waals surface area contributed by atoms with Gasteiger partial charge in [-0.3, -0.25) is 23.3 Å². The van der Waals surface area contributed by atoms with Crippen molar-refractivity contribution in [1.82, 2.24) is 24.0 Å². The van der Waals surface area contributed by atoms with E-state index in [-0.39, 0.29) is 34.9 Å². The largest absolute Gasteiger partial charge is 0.348 e. The SMILES string of the molecule is CC(NC(=O)Cn1c(Cl)nc2c1c(=O)n(C)c(=O)n2C)c1ccccc1Cl. The van der Waals surface area contributed by atoms with Crippen LogP contribution in [-0.4, -0.2) is 24.6 Å². The lowest BCUT2D eigenvalue weighted by Gasteiger charge is -2.16. The van der Waals surface area contributed by atoms with Gasteiger partial charge in [0.2, 0.25) is 11.2 Å². The van der Waals surface area contributed by atoms with E-state index in [1.165, 1.54) is 23.2 Å². The molecule has 27 heavy (non-hydrogen) atoms. The molecule has 2 heterocycles. The molecule has 8 nitrogen and oxygen atoms in total. The third kappa shape index (κ3) is 3.38. The van der Waals surface area contributed by atoms with E-state index in [0.717, 1.165) is 10.1 Å². The van der Waals surface area contributed by atoms with Crippen molar-refractivity contribution in [2.75, 3.05) is 0 Å². The van der Waals surface area contributed by atoms with Crippen molar-refractivity contribution in [2.24, 2.45) is 14.1 Å². The van der Waals surface area contributed by atoms with Gasteiger partial charge in [0.25, 0.3) is 5.56 Å². The minimum Gasteiger partial charge on any atom is -0.348 e. The second-order valence-electron chi connectivity index (χ2n) is 6.16. The first-order valence-electron chi connectivity index (χ1n) is 8.08. The van der Waals surface area contributed by atoms with E-state index in [9.17, 15) is 14.4 Å². The molecule has 1 aromatic carbocycles. The van der Waals surface area contributed by atoms with Gasteiger partial charge in [-0.1, -0.05) is 29.8 Å². The number of carbonyl (C=O) groups is 1. The van der Waals surface area contributed by atoms with Crippen LogP contribution in [0.2, 0.25) is 10.3 Å². The van der Waals surface area contributed by atoms with Gasteiger partial charge in [-0.2, -0.15) is 4.98 Å². The molecule has 0 saturated carbocycles. The summed E-state index contributed by atoms with van der Waals surface area (Å²) in [6, 6.07) is 6.85. The third-order valence-corrected chi connectivity index (χ3v) is 4.99. The number of halogens is 2. The summed E-state index contributed by atoms with van der Waals surface area (Å²) in [5, 5.41) is 3.31. The van der Waals surface area contributed by atoms with Gasteiger partial charge < -0.3 is 5.32 Å². The number of amides is 1. The van der Waals surface area contributed by atoms with Crippen molar-refractivity contribution in [2.45, 2.75) is 19.5 Å². The molecular weight excluding hydrogens is 393 g/mol. The first-order valence-corrected chi connectivity index (χ1v) is 8.83. The summed E-state index contributed by atoms with van der Waals surface area (Å²) in [6.07, 6.45) is 0. The van der Waals surface area contributed by atoms with E-state index in [2.05, 4.69) is 10.3 Å². The highest BCUT2D eigenvalue weighted by Crippen LogP contribution is 2.22. The number of aromatic nitrogens is 4. The van der Waals surface area contributed by atoms with Crippen LogP contribution < -0.4 is 16.6 Å². The van der Waals surface area contributed by atoms with Crippen molar-refractivity contribution in [3.05, 3.63) is 61.0 Å². The fourth-order valence-electron chi connectivity index (χ4n) is 2.90. The lowest BCUT2D eigenvalue weighted by atomic mass is 10.1. The Kier molecular flexibility index (Phi) is 5.12. The molecule has 3 aromatic rings. The van der Waals surface area contributed by atoms with E-state index in [4.69, 9.17) is 23.2 Å². The Balaban J connectivity index is 1.94. The van der Waals surface area contributed by atoms with E-state index in [1.807, 2.05) is 12.1 Å². The fraction of sp³-hybridized carbons (Fsp3) is 0.294. The molecule has 0 aliphatic heterocycles. The van der Waals surface area contributed by atoms with Gasteiger partial charge in [-0.05, 0) is 30.2 Å². The molecule has 0 bridgehead atoms. The zero-order chi connectivity index (χ0) is 19.9. The minimum absolute atomic E-state index is 0.0520. The van der Waals surface area contributed by atoms with E-state index < -0.39 is 11.2 Å². The van der Waals surface area contributed by atoms with Crippen LogP contribution in [0.1, 0.15) is 18.5 Å². The molecular formula is C17H17Cl2N5O3. The summed E-state index contributed by atoms with van der Waals surface area (Å²) in [4.78, 5) is 41.1. The monoisotopic (exact) mass is 409 g/mol. The average Bonchev–Trinajstić information content (AvgIpc) is 2.95. The molecule has 0 aliphatic carbocycles. The molecule has 1 atom stereocenters. The average molecular weight is 410 g/mol. The number of benzene rings is 1. The maximum atomic E-state index is 12.5. The molecule has 0 spiro atoms. The predicted octanol–water partition coefficient (Wildman–Crippen LogP) is 1.62. The first kappa shape index (κ1) is 19.2.